The lowest BCUT2D eigenvalue weighted by molar-refractivity contribution is 0.415. The third-order valence-electron chi connectivity index (χ3n) is 3.10. The van der Waals surface area contributed by atoms with E-state index >= 15 is 0 Å². The Morgan fingerprint density at radius 1 is 1.04 bits per heavy atom. The first kappa shape index (κ1) is 16.3. The summed E-state index contributed by atoms with van der Waals surface area (Å²) in [6.07, 6.45) is 1.49. The summed E-state index contributed by atoms with van der Waals surface area (Å²) in [6, 6.07) is 12.7. The molecule has 0 aliphatic carbocycles. The molecule has 0 amide bonds. The molecule has 6 nitrogen and oxygen atoms in total. The number of nitrogens with zero attached hydrogens (tertiary/aromatic N) is 3. The van der Waals surface area contributed by atoms with Crippen LogP contribution in [0.4, 0.5) is 23.1 Å². The van der Waals surface area contributed by atoms with Crippen molar-refractivity contribution in [2.75, 3.05) is 17.7 Å². The first-order chi connectivity index (χ1) is 11.7. The molecule has 0 fully saturated rings. The molecule has 3 rings (SSSR count). The van der Waals surface area contributed by atoms with E-state index in [4.69, 9.17) is 27.9 Å². The van der Waals surface area contributed by atoms with Gasteiger partial charge in [-0.05, 0) is 24.3 Å². The van der Waals surface area contributed by atoms with E-state index in [0.717, 1.165) is 11.4 Å². The SMILES string of the molecule is COc1cccc(Nc2nncc(Nc3cccc(Cl)c3Cl)n2)c1. The molecule has 0 aliphatic rings. The zero-order chi connectivity index (χ0) is 16.9. The zero-order valence-corrected chi connectivity index (χ0v) is 14.1. The van der Waals surface area contributed by atoms with Crippen LogP contribution < -0.4 is 15.4 Å². The molecular weight excluding hydrogens is 349 g/mol. The molecule has 3 aromatic rings. The first-order valence-electron chi connectivity index (χ1n) is 6.97. The molecule has 24 heavy (non-hydrogen) atoms. The van der Waals surface area contributed by atoms with Crippen LogP contribution in [-0.2, 0) is 0 Å². The second kappa shape index (κ2) is 7.33. The van der Waals surface area contributed by atoms with E-state index < -0.39 is 0 Å². The lowest BCUT2D eigenvalue weighted by atomic mass is 10.3. The van der Waals surface area contributed by atoms with Crippen LogP contribution in [0, 0.1) is 0 Å². The summed E-state index contributed by atoms with van der Waals surface area (Å²) in [5.74, 6) is 1.55. The summed E-state index contributed by atoms with van der Waals surface area (Å²) in [7, 11) is 1.61. The number of methoxy groups -OCH3 is 1. The number of ether oxygens (including phenoxy) is 1. The first-order valence-corrected chi connectivity index (χ1v) is 7.73. The van der Waals surface area contributed by atoms with Gasteiger partial charge in [-0.25, -0.2) is 0 Å². The zero-order valence-electron chi connectivity index (χ0n) is 12.6. The lowest BCUT2D eigenvalue weighted by Gasteiger charge is -2.10. The second-order valence-electron chi connectivity index (χ2n) is 4.75. The Labute approximate surface area is 148 Å². The molecule has 2 N–H and O–H groups in total. The predicted octanol–water partition coefficient (Wildman–Crippen LogP) is 4.67. The highest BCUT2D eigenvalue weighted by Crippen LogP contribution is 2.31. The van der Waals surface area contributed by atoms with Gasteiger partial charge in [-0.15, -0.1) is 5.10 Å². The van der Waals surface area contributed by atoms with Gasteiger partial charge in [0, 0.05) is 11.8 Å². The topological polar surface area (TPSA) is 72.0 Å². The monoisotopic (exact) mass is 361 g/mol. The molecular formula is C16H13Cl2N5O. The Bertz CT molecular complexity index is 859. The smallest absolute Gasteiger partial charge is 0.249 e. The maximum Gasteiger partial charge on any atom is 0.249 e. The summed E-state index contributed by atoms with van der Waals surface area (Å²) in [4.78, 5) is 4.35. The van der Waals surface area contributed by atoms with Crippen LogP contribution in [-0.4, -0.2) is 22.3 Å². The Hall–Kier alpha value is -2.57. The van der Waals surface area contributed by atoms with Crippen molar-refractivity contribution < 1.29 is 4.74 Å². The quantitative estimate of drug-likeness (QED) is 0.687. The largest absolute Gasteiger partial charge is 0.497 e. The van der Waals surface area contributed by atoms with Gasteiger partial charge in [-0.3, -0.25) is 0 Å². The fourth-order valence-electron chi connectivity index (χ4n) is 1.98. The van der Waals surface area contributed by atoms with E-state index in [1.165, 1.54) is 6.20 Å². The van der Waals surface area contributed by atoms with Crippen molar-refractivity contribution in [2.24, 2.45) is 0 Å². The second-order valence-corrected chi connectivity index (χ2v) is 5.53. The number of hydrogen-bond acceptors (Lipinski definition) is 6. The van der Waals surface area contributed by atoms with E-state index in [1.54, 1.807) is 25.3 Å². The van der Waals surface area contributed by atoms with E-state index in [1.807, 2.05) is 24.3 Å². The van der Waals surface area contributed by atoms with Crippen molar-refractivity contribution in [2.45, 2.75) is 0 Å². The van der Waals surface area contributed by atoms with Gasteiger partial charge < -0.3 is 15.4 Å². The number of hydrogen-bond donors (Lipinski definition) is 2. The molecule has 0 radical (unpaired) electrons. The fourth-order valence-corrected chi connectivity index (χ4v) is 2.33. The molecule has 0 saturated heterocycles. The molecule has 8 heteroatoms. The average Bonchev–Trinajstić information content (AvgIpc) is 2.59. The number of aromatic nitrogens is 3. The van der Waals surface area contributed by atoms with Gasteiger partial charge >= 0.3 is 0 Å². The van der Waals surface area contributed by atoms with Crippen molar-refractivity contribution in [3.63, 3.8) is 0 Å². The highest BCUT2D eigenvalue weighted by molar-refractivity contribution is 6.43. The molecule has 2 aromatic carbocycles. The Kier molecular flexibility index (Phi) is 4.98. The molecule has 0 unspecified atom stereocenters. The van der Waals surface area contributed by atoms with Crippen molar-refractivity contribution in [3.05, 3.63) is 58.7 Å². The molecule has 1 heterocycles. The Balaban J connectivity index is 1.80. The summed E-state index contributed by atoms with van der Waals surface area (Å²) in [6.45, 7) is 0. The minimum absolute atomic E-state index is 0.339. The normalized spacial score (nSPS) is 10.3. The van der Waals surface area contributed by atoms with Crippen LogP contribution in [0.25, 0.3) is 0 Å². The summed E-state index contributed by atoms with van der Waals surface area (Å²) >= 11 is 12.2. The van der Waals surface area contributed by atoms with Crippen LogP contribution in [0.2, 0.25) is 10.0 Å². The number of benzene rings is 2. The minimum Gasteiger partial charge on any atom is -0.497 e. The van der Waals surface area contributed by atoms with E-state index in [2.05, 4.69) is 25.8 Å². The molecule has 0 atom stereocenters. The standard InChI is InChI=1S/C16H13Cl2N5O/c1-24-11-5-2-4-10(8-11)20-16-22-14(9-19-23-16)21-13-7-3-6-12(17)15(13)18/h2-9H,1H3,(H2,20,21,22,23). The molecule has 0 saturated carbocycles. The van der Waals surface area contributed by atoms with Crippen LogP contribution in [0.3, 0.4) is 0 Å². The highest BCUT2D eigenvalue weighted by Gasteiger charge is 2.07. The van der Waals surface area contributed by atoms with Gasteiger partial charge in [0.15, 0.2) is 5.82 Å². The van der Waals surface area contributed by atoms with Crippen molar-refractivity contribution >= 4 is 46.3 Å². The van der Waals surface area contributed by atoms with Crippen LogP contribution in [0.1, 0.15) is 0 Å². The molecule has 122 valence electrons. The van der Waals surface area contributed by atoms with Crippen molar-refractivity contribution in [1.82, 2.24) is 15.2 Å². The van der Waals surface area contributed by atoms with E-state index in [0.29, 0.717) is 27.5 Å². The third kappa shape index (κ3) is 3.84. The summed E-state index contributed by atoms with van der Waals surface area (Å²) in [5.41, 5.74) is 1.42. The predicted molar refractivity (Wildman–Crippen MR) is 95.8 cm³/mol. The van der Waals surface area contributed by atoms with E-state index in [9.17, 15) is 0 Å². The molecule has 0 aliphatic heterocycles. The van der Waals surface area contributed by atoms with Crippen LogP contribution in [0.15, 0.2) is 48.7 Å². The molecule has 0 bridgehead atoms. The van der Waals surface area contributed by atoms with Gasteiger partial charge in [0.25, 0.3) is 0 Å². The summed E-state index contributed by atoms with van der Waals surface area (Å²) < 4.78 is 5.18. The molecule has 0 spiro atoms. The Morgan fingerprint density at radius 2 is 1.88 bits per heavy atom. The van der Waals surface area contributed by atoms with Gasteiger partial charge in [0.05, 0.1) is 29.0 Å². The van der Waals surface area contributed by atoms with Gasteiger partial charge in [0.1, 0.15) is 5.75 Å². The minimum atomic E-state index is 0.339. The summed E-state index contributed by atoms with van der Waals surface area (Å²) in [5, 5.41) is 14.9. The maximum atomic E-state index is 6.16. The number of nitrogens with one attached hydrogen (secondary N) is 2. The number of anilines is 4. The highest BCUT2D eigenvalue weighted by atomic mass is 35.5. The van der Waals surface area contributed by atoms with Crippen LogP contribution in [0.5, 0.6) is 5.75 Å². The van der Waals surface area contributed by atoms with Crippen molar-refractivity contribution in [3.8, 4) is 5.75 Å². The van der Waals surface area contributed by atoms with Gasteiger partial charge in [0.2, 0.25) is 5.95 Å². The number of halogens is 2. The van der Waals surface area contributed by atoms with Gasteiger partial charge in [-0.1, -0.05) is 35.3 Å². The maximum absolute atomic E-state index is 6.16. The van der Waals surface area contributed by atoms with Gasteiger partial charge in [-0.2, -0.15) is 10.1 Å². The lowest BCUT2D eigenvalue weighted by Crippen LogP contribution is -2.02. The number of rotatable bonds is 5. The average molecular weight is 362 g/mol. The van der Waals surface area contributed by atoms with Crippen LogP contribution >= 0.6 is 23.2 Å². The molecule has 1 aromatic heterocycles. The Morgan fingerprint density at radius 3 is 2.71 bits per heavy atom. The van der Waals surface area contributed by atoms with Crippen molar-refractivity contribution in [1.29, 1.82) is 0 Å². The van der Waals surface area contributed by atoms with E-state index in [-0.39, 0.29) is 0 Å². The third-order valence-corrected chi connectivity index (χ3v) is 3.92. The fraction of sp³-hybridized carbons (Fsp3) is 0.0625.